The molecule has 0 radical (unpaired) electrons. The Kier molecular flexibility index (Phi) is 8.10. The largest absolute Gasteiger partial charge is 0.351 e. The van der Waals surface area contributed by atoms with Gasteiger partial charge >= 0.3 is 0 Å². The van der Waals surface area contributed by atoms with Gasteiger partial charge < -0.3 is 4.98 Å². The van der Waals surface area contributed by atoms with Crippen molar-refractivity contribution >= 4 is 21.6 Å². The molecule has 2 nitrogen and oxygen atoms in total. The Morgan fingerprint density at radius 3 is 2.69 bits per heavy atom. The van der Waals surface area contributed by atoms with E-state index < -0.39 is 0 Å². The van der Waals surface area contributed by atoms with Gasteiger partial charge in [-0.25, -0.2) is 4.98 Å². The van der Waals surface area contributed by atoms with Crippen LogP contribution in [0.5, 0.6) is 0 Å². The maximum atomic E-state index is 4.39. The minimum absolute atomic E-state index is 0.481. The highest BCUT2D eigenvalue weighted by molar-refractivity contribution is 8.76. The molecule has 3 saturated carbocycles. The second-order valence-corrected chi connectivity index (χ2v) is 16.2. The third-order valence-corrected chi connectivity index (χ3v) is 14.0. The van der Waals surface area contributed by atoms with Gasteiger partial charge in [-0.1, -0.05) is 87.1 Å². The van der Waals surface area contributed by atoms with Crippen molar-refractivity contribution in [3.63, 3.8) is 0 Å². The van der Waals surface area contributed by atoms with E-state index in [1.165, 1.54) is 76.3 Å². The molecule has 196 valence electrons. The molecule has 0 unspecified atom stereocenters. The first-order chi connectivity index (χ1) is 16.8. The van der Waals surface area contributed by atoms with Crippen molar-refractivity contribution in [2.45, 2.75) is 116 Å². The van der Waals surface area contributed by atoms with E-state index in [4.69, 9.17) is 0 Å². The lowest BCUT2D eigenvalue weighted by atomic mass is 9.47. The third kappa shape index (κ3) is 5.18. The lowest BCUT2D eigenvalue weighted by Gasteiger charge is -2.58. The van der Waals surface area contributed by atoms with Gasteiger partial charge in [-0.2, -0.15) is 0 Å². The molecule has 4 aliphatic carbocycles. The summed E-state index contributed by atoms with van der Waals surface area (Å²) in [5.41, 5.74) is 4.10. The van der Waals surface area contributed by atoms with Gasteiger partial charge in [-0.3, -0.25) is 0 Å². The normalized spacial score (nSPS) is 39.6. The van der Waals surface area contributed by atoms with Crippen molar-refractivity contribution in [1.29, 1.82) is 0 Å². The van der Waals surface area contributed by atoms with Crippen LogP contribution in [0.2, 0.25) is 0 Å². The Hall–Kier alpha value is -0.350. The van der Waals surface area contributed by atoms with Crippen LogP contribution in [0.4, 0.5) is 0 Å². The highest BCUT2D eigenvalue weighted by atomic mass is 33.1. The fourth-order valence-electron chi connectivity index (χ4n) is 9.29. The average molecular weight is 515 g/mol. The van der Waals surface area contributed by atoms with E-state index in [-0.39, 0.29) is 0 Å². The average Bonchev–Trinajstić information content (AvgIpc) is 3.46. The van der Waals surface area contributed by atoms with E-state index >= 15 is 0 Å². The number of nitrogens with zero attached hydrogens (tertiary/aromatic N) is 1. The zero-order valence-corrected chi connectivity index (χ0v) is 24.7. The van der Waals surface area contributed by atoms with E-state index in [9.17, 15) is 0 Å². The van der Waals surface area contributed by atoms with Gasteiger partial charge in [-0.15, -0.1) is 0 Å². The Morgan fingerprint density at radius 1 is 1.06 bits per heavy atom. The second kappa shape index (κ2) is 10.8. The van der Waals surface area contributed by atoms with Crippen LogP contribution in [-0.2, 0) is 5.75 Å². The molecule has 1 heterocycles. The van der Waals surface area contributed by atoms with Crippen molar-refractivity contribution in [2.75, 3.05) is 0 Å². The van der Waals surface area contributed by atoms with E-state index in [2.05, 4.69) is 61.5 Å². The van der Waals surface area contributed by atoms with E-state index in [0.29, 0.717) is 10.8 Å². The van der Waals surface area contributed by atoms with Crippen LogP contribution >= 0.6 is 21.6 Å². The summed E-state index contributed by atoms with van der Waals surface area (Å²) in [6, 6.07) is 0. The van der Waals surface area contributed by atoms with Gasteiger partial charge in [0.25, 0.3) is 0 Å². The molecule has 4 aliphatic rings. The lowest BCUT2D eigenvalue weighted by Crippen LogP contribution is -2.50. The molecule has 0 saturated heterocycles. The van der Waals surface area contributed by atoms with Crippen molar-refractivity contribution in [1.82, 2.24) is 9.97 Å². The highest BCUT2D eigenvalue weighted by Crippen LogP contribution is 2.67. The summed E-state index contributed by atoms with van der Waals surface area (Å²) in [5, 5.41) is 0.784. The SMILES string of the molecule is CC(C)CCC[C@@H](C)[C@H]1CC[C@H]2[C@@H]3CC=C4C[C@@H](SSCc5c[nH]cn5)CC[C@]4(C)[C@H]3CC[C@]12C. The molecular formula is C31H50N2S2. The maximum absolute atomic E-state index is 4.39. The Labute approximate surface area is 223 Å². The number of hydrogen-bond acceptors (Lipinski definition) is 3. The molecule has 0 bridgehead atoms. The summed E-state index contributed by atoms with van der Waals surface area (Å²) in [5.74, 6) is 6.63. The molecule has 0 spiro atoms. The molecule has 0 amide bonds. The summed E-state index contributed by atoms with van der Waals surface area (Å²) in [7, 11) is 4.14. The number of hydrogen-bond donors (Lipinski definition) is 1. The Balaban J connectivity index is 1.21. The van der Waals surface area contributed by atoms with Crippen LogP contribution in [0.3, 0.4) is 0 Å². The van der Waals surface area contributed by atoms with Crippen LogP contribution in [0.25, 0.3) is 0 Å². The van der Waals surface area contributed by atoms with Crippen LogP contribution in [0.15, 0.2) is 24.2 Å². The predicted octanol–water partition coefficient (Wildman–Crippen LogP) is 9.70. The molecule has 0 aromatic carbocycles. The zero-order chi connectivity index (χ0) is 24.6. The van der Waals surface area contributed by atoms with Crippen molar-refractivity contribution in [2.24, 2.45) is 46.3 Å². The third-order valence-electron chi connectivity index (χ3n) is 11.2. The number of aromatic nitrogens is 2. The van der Waals surface area contributed by atoms with Crippen LogP contribution in [0.1, 0.15) is 111 Å². The van der Waals surface area contributed by atoms with Crippen LogP contribution < -0.4 is 0 Å². The molecule has 5 rings (SSSR count). The van der Waals surface area contributed by atoms with Gasteiger partial charge in [0.15, 0.2) is 0 Å². The number of allylic oxidation sites excluding steroid dienone is 2. The number of nitrogens with one attached hydrogen (secondary N) is 1. The fourth-order valence-corrected chi connectivity index (χ4v) is 11.9. The van der Waals surface area contributed by atoms with Gasteiger partial charge in [-0.05, 0) is 97.7 Å². The van der Waals surface area contributed by atoms with E-state index in [1.807, 2.05) is 22.6 Å². The minimum atomic E-state index is 0.481. The van der Waals surface area contributed by atoms with Crippen molar-refractivity contribution in [3.8, 4) is 0 Å². The number of H-pyrrole nitrogens is 1. The van der Waals surface area contributed by atoms with Gasteiger partial charge in [0, 0.05) is 17.2 Å². The minimum Gasteiger partial charge on any atom is -0.351 e. The zero-order valence-electron chi connectivity index (χ0n) is 23.0. The first-order valence-corrected chi connectivity index (χ1v) is 17.1. The molecule has 4 heteroatoms. The quantitative estimate of drug-likeness (QED) is 0.262. The van der Waals surface area contributed by atoms with Gasteiger partial charge in [0.1, 0.15) is 0 Å². The van der Waals surface area contributed by atoms with Crippen molar-refractivity contribution < 1.29 is 0 Å². The van der Waals surface area contributed by atoms with Crippen molar-refractivity contribution in [3.05, 3.63) is 29.9 Å². The first kappa shape index (κ1) is 26.3. The molecule has 1 aromatic rings. The molecule has 3 fully saturated rings. The van der Waals surface area contributed by atoms with E-state index in [0.717, 1.165) is 46.5 Å². The van der Waals surface area contributed by atoms with Gasteiger partial charge in [0.2, 0.25) is 0 Å². The fraction of sp³-hybridized carbons (Fsp3) is 0.839. The number of imidazole rings is 1. The number of aromatic amines is 1. The van der Waals surface area contributed by atoms with Crippen LogP contribution in [0, 0.1) is 46.3 Å². The second-order valence-electron chi connectivity index (χ2n) is 13.6. The van der Waals surface area contributed by atoms with Crippen LogP contribution in [-0.4, -0.2) is 15.2 Å². The Morgan fingerprint density at radius 2 is 1.91 bits per heavy atom. The lowest BCUT2D eigenvalue weighted by molar-refractivity contribution is -0.0497. The number of fused-ring (bicyclic) bond motifs is 5. The molecule has 8 atom stereocenters. The molecule has 1 aromatic heterocycles. The smallest absolute Gasteiger partial charge is 0.0923 e. The molecule has 0 aliphatic heterocycles. The molecule has 35 heavy (non-hydrogen) atoms. The highest BCUT2D eigenvalue weighted by Gasteiger charge is 2.59. The molecule has 1 N–H and O–H groups in total. The monoisotopic (exact) mass is 514 g/mol. The Bertz CT molecular complexity index is 863. The maximum Gasteiger partial charge on any atom is 0.0923 e. The predicted molar refractivity (Wildman–Crippen MR) is 154 cm³/mol. The summed E-state index contributed by atoms with van der Waals surface area (Å²) in [6.45, 7) is 12.8. The summed E-state index contributed by atoms with van der Waals surface area (Å²) in [6.07, 6.45) is 22.4. The molecular weight excluding hydrogens is 464 g/mol. The van der Waals surface area contributed by atoms with E-state index in [1.54, 1.807) is 6.33 Å². The summed E-state index contributed by atoms with van der Waals surface area (Å²) in [4.78, 5) is 7.47. The summed E-state index contributed by atoms with van der Waals surface area (Å²) >= 11 is 0. The van der Waals surface area contributed by atoms with Gasteiger partial charge in [0.05, 0.1) is 12.0 Å². The topological polar surface area (TPSA) is 28.7 Å². The number of rotatable bonds is 9. The standard InChI is InChI=1S/C31H50N2S2/c1-21(2)7-6-8-22(3)27-11-12-28-26-10-9-23-17-25(35-34-19-24-18-32-20-33-24)13-15-30(23,4)29(26)14-16-31(27,28)5/h9,18,20-22,25-29H,6-8,10-17,19H2,1-5H3,(H,32,33)/t22-,25+,26+,27-,28+,29+,30+,31-/m1/s1. The summed E-state index contributed by atoms with van der Waals surface area (Å²) < 4.78 is 0. The first-order valence-electron chi connectivity index (χ1n) is 14.8.